The Bertz CT molecular complexity index is 1320. The highest BCUT2D eigenvalue weighted by Gasteiger charge is 2.16. The summed E-state index contributed by atoms with van der Waals surface area (Å²) in [6.07, 6.45) is 2.69. The molecule has 4 rings (SSSR count). The number of thiophene rings is 1. The monoisotopic (exact) mass is 428 g/mol. The first kappa shape index (κ1) is 19.6. The maximum Gasteiger partial charge on any atom is 0.266 e. The third-order valence-electron chi connectivity index (χ3n) is 4.56. The maximum atomic E-state index is 12.4. The zero-order valence-corrected chi connectivity index (χ0v) is 17.4. The topological polar surface area (TPSA) is 86.0 Å². The number of fused-ring (bicyclic) bond motifs is 1. The molecule has 0 radical (unpaired) electrons. The molecule has 9 heteroatoms. The first-order valence-corrected chi connectivity index (χ1v) is 11.5. The Hall–Kier alpha value is -2.75. The number of rotatable bonds is 7. The Morgan fingerprint density at radius 1 is 1.07 bits per heavy atom. The van der Waals surface area contributed by atoms with Gasteiger partial charge in [0.1, 0.15) is 4.21 Å². The van der Waals surface area contributed by atoms with E-state index in [2.05, 4.69) is 9.82 Å². The van der Waals surface area contributed by atoms with Gasteiger partial charge in [0.15, 0.2) is 5.82 Å². The summed E-state index contributed by atoms with van der Waals surface area (Å²) in [6, 6.07) is 16.4. The number of sulfonamides is 1. The van der Waals surface area contributed by atoms with Gasteiger partial charge in [0.05, 0.1) is 12.1 Å². The van der Waals surface area contributed by atoms with Crippen LogP contribution >= 0.6 is 11.3 Å². The molecule has 0 saturated heterocycles. The molecule has 1 N–H and O–H groups in total. The normalized spacial score (nSPS) is 11.9. The zero-order valence-electron chi connectivity index (χ0n) is 15.8. The van der Waals surface area contributed by atoms with E-state index in [0.717, 1.165) is 22.2 Å². The van der Waals surface area contributed by atoms with E-state index in [1.807, 2.05) is 54.1 Å². The number of benzene rings is 1. The zero-order chi connectivity index (χ0) is 20.4. The van der Waals surface area contributed by atoms with Crippen LogP contribution in [0.25, 0.3) is 16.7 Å². The Morgan fingerprint density at radius 3 is 2.69 bits per heavy atom. The van der Waals surface area contributed by atoms with E-state index in [9.17, 15) is 13.2 Å². The van der Waals surface area contributed by atoms with Crippen molar-refractivity contribution in [1.82, 2.24) is 19.1 Å². The van der Waals surface area contributed by atoms with Crippen LogP contribution in [-0.2, 0) is 23.0 Å². The van der Waals surface area contributed by atoms with Crippen molar-refractivity contribution in [2.75, 3.05) is 6.54 Å². The fourth-order valence-electron chi connectivity index (χ4n) is 3.06. The van der Waals surface area contributed by atoms with Gasteiger partial charge >= 0.3 is 0 Å². The molecule has 0 saturated carbocycles. The van der Waals surface area contributed by atoms with Gasteiger partial charge in [-0.15, -0.1) is 11.3 Å². The van der Waals surface area contributed by atoms with E-state index in [4.69, 9.17) is 0 Å². The van der Waals surface area contributed by atoms with Gasteiger partial charge in [-0.05, 0) is 42.1 Å². The van der Waals surface area contributed by atoms with Crippen LogP contribution in [-0.4, -0.2) is 29.3 Å². The second-order valence-corrected chi connectivity index (χ2v) is 9.63. The average Bonchev–Trinajstić information content (AvgIpc) is 3.37. The van der Waals surface area contributed by atoms with Crippen LogP contribution in [0.4, 0.5) is 0 Å². The van der Waals surface area contributed by atoms with Crippen molar-refractivity contribution in [2.24, 2.45) is 0 Å². The lowest BCUT2D eigenvalue weighted by Gasteiger charge is -2.09. The Morgan fingerprint density at radius 2 is 1.90 bits per heavy atom. The van der Waals surface area contributed by atoms with Gasteiger partial charge in [0.2, 0.25) is 10.0 Å². The van der Waals surface area contributed by atoms with Gasteiger partial charge in [-0.1, -0.05) is 25.1 Å². The average molecular weight is 429 g/mol. The van der Waals surface area contributed by atoms with Crippen LogP contribution in [0.2, 0.25) is 0 Å². The minimum atomic E-state index is -3.59. The van der Waals surface area contributed by atoms with Gasteiger partial charge < -0.3 is 0 Å². The van der Waals surface area contributed by atoms with Crippen molar-refractivity contribution in [2.45, 2.75) is 24.1 Å². The number of aromatic nitrogens is 3. The molecule has 0 bridgehead atoms. The predicted octanol–water partition coefficient (Wildman–Crippen LogP) is 2.79. The van der Waals surface area contributed by atoms with E-state index in [0.29, 0.717) is 5.82 Å². The molecular formula is C20H20N4O3S2. The summed E-state index contributed by atoms with van der Waals surface area (Å²) in [5.74, 6) is 0.597. The molecule has 0 spiro atoms. The molecule has 0 atom stereocenters. The number of para-hydroxylation sites is 1. The number of hydrogen-bond acceptors (Lipinski definition) is 5. The molecule has 7 nitrogen and oxygen atoms in total. The fourth-order valence-corrected chi connectivity index (χ4v) is 5.42. The first-order valence-electron chi connectivity index (χ1n) is 9.21. The van der Waals surface area contributed by atoms with E-state index in [1.54, 1.807) is 12.1 Å². The van der Waals surface area contributed by atoms with E-state index in [-0.39, 0.29) is 22.9 Å². The van der Waals surface area contributed by atoms with E-state index in [1.165, 1.54) is 22.1 Å². The Labute approximate surface area is 172 Å². The largest absolute Gasteiger partial charge is 0.300 e. The highest BCUT2D eigenvalue weighted by atomic mass is 32.2. The van der Waals surface area contributed by atoms with Crippen LogP contribution in [0.1, 0.15) is 11.8 Å². The molecule has 0 unspecified atom stereocenters. The van der Waals surface area contributed by atoms with E-state index >= 15 is 0 Å². The van der Waals surface area contributed by atoms with Gasteiger partial charge in [-0.2, -0.15) is 5.10 Å². The third kappa shape index (κ3) is 4.02. The van der Waals surface area contributed by atoms with Crippen molar-refractivity contribution in [1.29, 1.82) is 0 Å². The highest BCUT2D eigenvalue weighted by molar-refractivity contribution is 7.91. The van der Waals surface area contributed by atoms with Gasteiger partial charge in [-0.3, -0.25) is 9.36 Å². The third-order valence-corrected chi connectivity index (χ3v) is 7.75. The summed E-state index contributed by atoms with van der Waals surface area (Å²) in [4.78, 5) is 13.2. The van der Waals surface area contributed by atoms with Crippen LogP contribution in [0.3, 0.4) is 0 Å². The van der Waals surface area contributed by atoms with Crippen LogP contribution in [0.5, 0.6) is 0 Å². The predicted molar refractivity (Wildman–Crippen MR) is 114 cm³/mol. The summed E-state index contributed by atoms with van der Waals surface area (Å²) >= 11 is 1.25. The first-order chi connectivity index (χ1) is 14.0. The lowest BCUT2D eigenvalue weighted by Crippen LogP contribution is -2.32. The molecule has 150 valence electrons. The van der Waals surface area contributed by atoms with Crippen LogP contribution in [0, 0.1) is 0 Å². The van der Waals surface area contributed by atoms with Crippen molar-refractivity contribution < 1.29 is 8.42 Å². The Kier molecular flexibility index (Phi) is 5.35. The summed E-state index contributed by atoms with van der Waals surface area (Å²) in [5, 5.41) is 5.48. The SMILES string of the molecule is CCc1ccc(S(=O)(=O)NCCn2nc(-n3ccc4ccccc43)ccc2=O)s1. The lowest BCUT2D eigenvalue weighted by atomic mass is 10.2. The molecule has 0 amide bonds. The standard InChI is InChI=1S/C20H20N4O3S2/c1-2-16-7-10-20(28-16)29(26,27)21-12-14-24-19(25)9-8-18(22-24)23-13-11-15-5-3-4-6-17(15)23/h3-11,13,21H,2,12,14H2,1H3. The fraction of sp³-hybridized carbons (Fsp3) is 0.200. The molecule has 0 aliphatic heterocycles. The van der Waals surface area contributed by atoms with Crippen molar-refractivity contribution in [3.63, 3.8) is 0 Å². The maximum absolute atomic E-state index is 12.4. The Balaban J connectivity index is 1.52. The second kappa shape index (κ2) is 7.94. The molecular weight excluding hydrogens is 408 g/mol. The summed E-state index contributed by atoms with van der Waals surface area (Å²) in [5.41, 5.74) is 0.698. The number of nitrogens with one attached hydrogen (secondary N) is 1. The lowest BCUT2D eigenvalue weighted by molar-refractivity contribution is 0.546. The summed E-state index contributed by atoms with van der Waals surface area (Å²) in [7, 11) is -3.59. The molecule has 3 heterocycles. The smallest absolute Gasteiger partial charge is 0.266 e. The summed E-state index contributed by atoms with van der Waals surface area (Å²) < 4.78 is 30.8. The molecule has 0 aliphatic carbocycles. The van der Waals surface area contributed by atoms with Gasteiger partial charge in [0, 0.05) is 23.7 Å². The highest BCUT2D eigenvalue weighted by Crippen LogP contribution is 2.21. The van der Waals surface area contributed by atoms with Crippen molar-refractivity contribution in [3.05, 3.63) is 76.0 Å². The summed E-state index contributed by atoms with van der Waals surface area (Å²) in [6.45, 7) is 2.19. The molecule has 3 aromatic heterocycles. The van der Waals surface area contributed by atoms with E-state index < -0.39 is 10.0 Å². The quantitative estimate of drug-likeness (QED) is 0.490. The number of nitrogens with zero attached hydrogens (tertiary/aromatic N) is 3. The van der Waals surface area contributed by atoms with Gasteiger partial charge in [0.25, 0.3) is 5.56 Å². The van der Waals surface area contributed by atoms with Crippen LogP contribution < -0.4 is 10.3 Å². The molecule has 0 aliphatic rings. The number of aryl methyl sites for hydroxylation is 1. The minimum absolute atomic E-state index is 0.0739. The van der Waals surface area contributed by atoms with Crippen molar-refractivity contribution in [3.8, 4) is 5.82 Å². The number of hydrogen-bond donors (Lipinski definition) is 1. The molecule has 1 aromatic carbocycles. The second-order valence-electron chi connectivity index (χ2n) is 6.47. The van der Waals surface area contributed by atoms with Crippen molar-refractivity contribution >= 4 is 32.3 Å². The minimum Gasteiger partial charge on any atom is -0.300 e. The molecule has 4 aromatic rings. The van der Waals surface area contributed by atoms with Gasteiger partial charge in [-0.25, -0.2) is 17.8 Å². The molecule has 29 heavy (non-hydrogen) atoms. The molecule has 0 fully saturated rings. The van der Waals surface area contributed by atoms with Crippen LogP contribution in [0.15, 0.2) is 69.8 Å².